The number of hydrogen-bond donors (Lipinski definition) is 2. The Morgan fingerprint density at radius 3 is 2.25 bits per heavy atom. The maximum absolute atomic E-state index is 13.8. The first-order valence-corrected chi connectivity index (χ1v) is 12.2. The van der Waals surface area contributed by atoms with E-state index in [2.05, 4.69) is 16.6 Å². The molecule has 0 radical (unpaired) electrons. The van der Waals surface area contributed by atoms with Gasteiger partial charge in [-0.1, -0.05) is 61.7 Å². The number of alkyl carbamates (subject to hydrolysis) is 1. The number of terminal acetylenes is 1. The van der Waals surface area contributed by atoms with Crippen molar-refractivity contribution in [2.24, 2.45) is 0 Å². The van der Waals surface area contributed by atoms with Gasteiger partial charge in [0.15, 0.2) is 0 Å². The SMILES string of the molecule is C#Cc1ccc(C(C(=O)NCCCC)N(C)C(=O)C(Cc2ccccc2)NC(=O)OC(C)(C)C)cc1. The molecule has 7 heteroatoms. The number of likely N-dealkylation sites (N-methyl/N-ethyl adjacent to an activating group) is 1. The summed E-state index contributed by atoms with van der Waals surface area (Å²) in [4.78, 5) is 41.0. The zero-order valence-corrected chi connectivity index (χ0v) is 21.8. The van der Waals surface area contributed by atoms with Crippen LogP contribution in [0, 0.1) is 12.3 Å². The Morgan fingerprint density at radius 2 is 1.69 bits per heavy atom. The number of unbranched alkanes of at least 4 members (excludes halogenated alkanes) is 1. The number of hydrogen-bond acceptors (Lipinski definition) is 4. The molecule has 0 aromatic heterocycles. The minimum absolute atomic E-state index is 0.240. The highest BCUT2D eigenvalue weighted by molar-refractivity contribution is 5.92. The van der Waals surface area contributed by atoms with E-state index in [1.807, 2.05) is 37.3 Å². The molecule has 7 nitrogen and oxygen atoms in total. The lowest BCUT2D eigenvalue weighted by atomic mass is 10.00. The van der Waals surface area contributed by atoms with E-state index in [4.69, 9.17) is 11.2 Å². The van der Waals surface area contributed by atoms with E-state index < -0.39 is 29.7 Å². The Kier molecular flexibility index (Phi) is 10.5. The molecule has 0 saturated heterocycles. The summed E-state index contributed by atoms with van der Waals surface area (Å²) in [6.07, 6.45) is 6.77. The number of rotatable bonds is 10. The van der Waals surface area contributed by atoms with Crippen LogP contribution in [0.4, 0.5) is 4.79 Å². The van der Waals surface area contributed by atoms with E-state index in [0.29, 0.717) is 17.7 Å². The fraction of sp³-hybridized carbons (Fsp3) is 0.414. The molecule has 36 heavy (non-hydrogen) atoms. The number of nitrogens with one attached hydrogen (secondary N) is 2. The van der Waals surface area contributed by atoms with Crippen LogP contribution in [0.5, 0.6) is 0 Å². The van der Waals surface area contributed by atoms with Crippen molar-refractivity contribution in [2.45, 2.75) is 64.6 Å². The van der Waals surface area contributed by atoms with Crippen LogP contribution in [0.25, 0.3) is 0 Å². The van der Waals surface area contributed by atoms with Gasteiger partial charge in [0.1, 0.15) is 17.7 Å². The molecule has 0 heterocycles. The summed E-state index contributed by atoms with van der Waals surface area (Å²) in [5.74, 6) is 1.84. The zero-order valence-electron chi connectivity index (χ0n) is 21.8. The van der Waals surface area contributed by atoms with Crippen LogP contribution in [-0.4, -0.2) is 48.0 Å². The second-order valence-electron chi connectivity index (χ2n) is 9.65. The molecule has 0 saturated carbocycles. The molecule has 192 valence electrons. The summed E-state index contributed by atoms with van der Waals surface area (Å²) in [7, 11) is 1.57. The Bertz CT molecular complexity index is 1050. The molecule has 0 aliphatic carbocycles. The monoisotopic (exact) mass is 491 g/mol. The topological polar surface area (TPSA) is 87.7 Å². The highest BCUT2D eigenvalue weighted by Crippen LogP contribution is 2.22. The molecule has 2 rings (SSSR count). The van der Waals surface area contributed by atoms with Crippen LogP contribution in [-0.2, 0) is 20.7 Å². The van der Waals surface area contributed by atoms with E-state index in [0.717, 1.165) is 18.4 Å². The van der Waals surface area contributed by atoms with Crippen LogP contribution in [0.15, 0.2) is 54.6 Å². The van der Waals surface area contributed by atoms with E-state index in [-0.39, 0.29) is 12.3 Å². The molecule has 3 amide bonds. The van der Waals surface area contributed by atoms with Crippen molar-refractivity contribution in [1.29, 1.82) is 0 Å². The number of benzene rings is 2. The summed E-state index contributed by atoms with van der Waals surface area (Å²) in [6, 6.07) is 14.5. The smallest absolute Gasteiger partial charge is 0.408 e. The third-order valence-electron chi connectivity index (χ3n) is 5.48. The van der Waals surface area contributed by atoms with Crippen molar-refractivity contribution < 1.29 is 19.1 Å². The van der Waals surface area contributed by atoms with Crippen molar-refractivity contribution in [3.8, 4) is 12.3 Å². The van der Waals surface area contributed by atoms with Gasteiger partial charge < -0.3 is 20.3 Å². The number of ether oxygens (including phenoxy) is 1. The van der Waals surface area contributed by atoms with Crippen LogP contribution in [0.1, 0.15) is 63.3 Å². The second kappa shape index (κ2) is 13.3. The fourth-order valence-electron chi connectivity index (χ4n) is 3.67. The van der Waals surface area contributed by atoms with E-state index in [1.54, 1.807) is 52.1 Å². The average Bonchev–Trinajstić information content (AvgIpc) is 2.83. The van der Waals surface area contributed by atoms with Crippen molar-refractivity contribution in [3.05, 3.63) is 71.3 Å². The first-order chi connectivity index (χ1) is 17.1. The van der Waals surface area contributed by atoms with Crippen LogP contribution in [0.2, 0.25) is 0 Å². The van der Waals surface area contributed by atoms with Crippen LogP contribution >= 0.6 is 0 Å². The van der Waals surface area contributed by atoms with Gasteiger partial charge in [-0.2, -0.15) is 0 Å². The zero-order chi connectivity index (χ0) is 26.7. The van der Waals surface area contributed by atoms with Crippen molar-refractivity contribution in [3.63, 3.8) is 0 Å². The largest absolute Gasteiger partial charge is 0.444 e. The number of carbonyl (C=O) groups is 3. The summed E-state index contributed by atoms with van der Waals surface area (Å²) >= 11 is 0. The minimum Gasteiger partial charge on any atom is -0.444 e. The average molecular weight is 492 g/mol. The molecule has 2 aromatic carbocycles. The van der Waals surface area contributed by atoms with Gasteiger partial charge in [-0.15, -0.1) is 6.42 Å². The van der Waals surface area contributed by atoms with Gasteiger partial charge in [0, 0.05) is 25.6 Å². The summed E-state index contributed by atoms with van der Waals surface area (Å²) < 4.78 is 5.40. The molecule has 0 aliphatic heterocycles. The number of carbonyl (C=O) groups excluding carboxylic acids is 3. The first kappa shape index (κ1) is 28.4. The summed E-state index contributed by atoms with van der Waals surface area (Å²) in [6.45, 7) is 7.80. The van der Waals surface area contributed by atoms with Gasteiger partial charge in [0.25, 0.3) is 0 Å². The Balaban J connectivity index is 2.37. The predicted octanol–water partition coefficient (Wildman–Crippen LogP) is 4.22. The summed E-state index contributed by atoms with van der Waals surface area (Å²) in [5.41, 5.74) is 1.43. The quantitative estimate of drug-likeness (QED) is 0.385. The molecule has 0 aliphatic rings. The highest BCUT2D eigenvalue weighted by Gasteiger charge is 2.34. The van der Waals surface area contributed by atoms with E-state index in [9.17, 15) is 14.4 Å². The molecule has 2 aromatic rings. The Hall–Kier alpha value is -3.79. The number of nitrogens with zero attached hydrogens (tertiary/aromatic N) is 1. The van der Waals surface area contributed by atoms with Crippen molar-refractivity contribution >= 4 is 17.9 Å². The van der Waals surface area contributed by atoms with Crippen LogP contribution in [0.3, 0.4) is 0 Å². The van der Waals surface area contributed by atoms with Gasteiger partial charge in [-0.3, -0.25) is 9.59 Å². The summed E-state index contributed by atoms with van der Waals surface area (Å²) in [5, 5.41) is 5.63. The Morgan fingerprint density at radius 1 is 1.06 bits per heavy atom. The van der Waals surface area contributed by atoms with E-state index >= 15 is 0 Å². The maximum atomic E-state index is 13.8. The number of amides is 3. The normalized spacial score (nSPS) is 12.6. The van der Waals surface area contributed by atoms with E-state index in [1.165, 1.54) is 4.90 Å². The second-order valence-corrected chi connectivity index (χ2v) is 9.65. The highest BCUT2D eigenvalue weighted by atomic mass is 16.6. The van der Waals surface area contributed by atoms with Crippen molar-refractivity contribution in [2.75, 3.05) is 13.6 Å². The molecule has 2 unspecified atom stereocenters. The van der Waals surface area contributed by atoms with Gasteiger partial charge in [0.05, 0.1) is 0 Å². The van der Waals surface area contributed by atoms with Gasteiger partial charge in [-0.25, -0.2) is 4.79 Å². The molecule has 0 bridgehead atoms. The maximum Gasteiger partial charge on any atom is 0.408 e. The molecule has 2 atom stereocenters. The molecular weight excluding hydrogens is 454 g/mol. The molecular formula is C29H37N3O4. The lowest BCUT2D eigenvalue weighted by Crippen LogP contribution is -2.52. The molecule has 0 spiro atoms. The van der Waals surface area contributed by atoms with Crippen molar-refractivity contribution in [1.82, 2.24) is 15.5 Å². The van der Waals surface area contributed by atoms with Gasteiger partial charge >= 0.3 is 6.09 Å². The lowest BCUT2D eigenvalue weighted by Gasteiger charge is -2.31. The minimum atomic E-state index is -0.942. The van der Waals surface area contributed by atoms with Crippen LogP contribution < -0.4 is 10.6 Å². The molecule has 0 fully saturated rings. The fourth-order valence-corrected chi connectivity index (χ4v) is 3.67. The predicted molar refractivity (Wildman–Crippen MR) is 141 cm³/mol. The van der Waals surface area contributed by atoms with Gasteiger partial charge in [-0.05, 0) is 50.5 Å². The lowest BCUT2D eigenvalue weighted by molar-refractivity contribution is -0.140. The standard InChI is InChI=1S/C29H37N3O4/c1-7-9-19-30-26(33)25(23-17-15-21(8-2)16-18-23)32(6)27(34)24(20-22-13-11-10-12-14-22)31-28(35)36-29(3,4)5/h2,10-18,24-25H,7,9,19-20H2,1,3-6H3,(H,30,33)(H,31,35). The third kappa shape index (κ3) is 8.77. The molecule has 2 N–H and O–H groups in total. The third-order valence-corrected chi connectivity index (χ3v) is 5.48. The van der Waals surface area contributed by atoms with Gasteiger partial charge in [0.2, 0.25) is 11.8 Å². The Labute approximate surface area is 214 Å². The first-order valence-electron chi connectivity index (χ1n) is 12.2.